The molecule has 0 saturated carbocycles. The molecule has 6 heteroatoms. The number of amides is 2. The van der Waals surface area contributed by atoms with Crippen molar-refractivity contribution in [3.63, 3.8) is 0 Å². The van der Waals surface area contributed by atoms with E-state index < -0.39 is 11.9 Å². The van der Waals surface area contributed by atoms with Crippen LogP contribution in [0.5, 0.6) is 0 Å². The van der Waals surface area contributed by atoms with Gasteiger partial charge in [0.25, 0.3) is 5.91 Å². The molecule has 0 aliphatic carbocycles. The van der Waals surface area contributed by atoms with Crippen LogP contribution in [0.25, 0.3) is 0 Å². The number of hydrogen-bond acceptors (Lipinski definition) is 3. The molecule has 5 nitrogen and oxygen atoms in total. The van der Waals surface area contributed by atoms with Crippen molar-refractivity contribution in [2.45, 2.75) is 13.0 Å². The second-order valence-electron chi connectivity index (χ2n) is 4.64. The molecule has 19 heavy (non-hydrogen) atoms. The second-order valence-corrected chi connectivity index (χ2v) is 5.55. The van der Waals surface area contributed by atoms with E-state index in [2.05, 4.69) is 21.2 Å². The Balaban J connectivity index is 2.28. The van der Waals surface area contributed by atoms with Crippen LogP contribution in [0.2, 0.25) is 0 Å². The lowest BCUT2D eigenvalue weighted by Gasteiger charge is -2.34. The summed E-state index contributed by atoms with van der Waals surface area (Å²) in [4.78, 5) is 25.4. The van der Waals surface area contributed by atoms with Crippen molar-refractivity contribution in [1.82, 2.24) is 10.2 Å². The van der Waals surface area contributed by atoms with Crippen molar-refractivity contribution >= 4 is 27.7 Å². The number of benzene rings is 1. The number of nitrogens with zero attached hydrogens (tertiary/aromatic N) is 1. The van der Waals surface area contributed by atoms with Gasteiger partial charge in [0.05, 0.1) is 0 Å². The molecule has 2 amide bonds. The monoisotopic (exact) mass is 325 g/mol. The maximum atomic E-state index is 12.5. The van der Waals surface area contributed by atoms with Crippen molar-refractivity contribution in [1.29, 1.82) is 0 Å². The lowest BCUT2D eigenvalue weighted by Crippen LogP contribution is -2.58. The van der Waals surface area contributed by atoms with Crippen LogP contribution in [0, 0.1) is 6.92 Å². The average Bonchev–Trinajstić information content (AvgIpc) is 2.36. The highest BCUT2D eigenvalue weighted by Gasteiger charge is 2.31. The molecule has 1 aliphatic heterocycles. The van der Waals surface area contributed by atoms with Crippen LogP contribution in [-0.2, 0) is 4.79 Å². The largest absolute Gasteiger partial charge is 0.368 e. The summed E-state index contributed by atoms with van der Waals surface area (Å²) in [5.41, 5.74) is 6.91. The SMILES string of the molecule is Cc1cc(Br)cc(C(=O)N2CCNCC2C(N)=O)c1. The fraction of sp³-hybridized carbons (Fsp3) is 0.385. The molecule has 0 spiro atoms. The lowest BCUT2D eigenvalue weighted by molar-refractivity contribution is -0.122. The summed E-state index contributed by atoms with van der Waals surface area (Å²) >= 11 is 3.37. The zero-order chi connectivity index (χ0) is 14.0. The van der Waals surface area contributed by atoms with Crippen molar-refractivity contribution < 1.29 is 9.59 Å². The number of primary amides is 1. The molecule has 1 aromatic rings. The van der Waals surface area contributed by atoms with Crippen LogP contribution in [-0.4, -0.2) is 42.4 Å². The van der Waals surface area contributed by atoms with Crippen molar-refractivity contribution in [3.05, 3.63) is 33.8 Å². The second kappa shape index (κ2) is 5.71. The van der Waals surface area contributed by atoms with Crippen LogP contribution in [0.1, 0.15) is 15.9 Å². The standard InChI is InChI=1S/C13H16BrN3O2/c1-8-4-9(6-10(14)5-8)13(19)17-3-2-16-7-11(17)12(15)18/h4-6,11,16H,2-3,7H2,1H3,(H2,15,18). The van der Waals surface area contributed by atoms with E-state index in [1.807, 2.05) is 19.1 Å². The topological polar surface area (TPSA) is 75.4 Å². The molecule has 1 fully saturated rings. The minimum Gasteiger partial charge on any atom is -0.368 e. The van der Waals surface area contributed by atoms with Crippen LogP contribution in [0.15, 0.2) is 22.7 Å². The fourth-order valence-electron chi connectivity index (χ4n) is 2.23. The Morgan fingerprint density at radius 2 is 2.16 bits per heavy atom. The van der Waals surface area contributed by atoms with E-state index in [1.54, 1.807) is 11.0 Å². The van der Waals surface area contributed by atoms with E-state index in [0.29, 0.717) is 25.2 Å². The van der Waals surface area contributed by atoms with Crippen molar-refractivity contribution in [2.75, 3.05) is 19.6 Å². The van der Waals surface area contributed by atoms with E-state index in [4.69, 9.17) is 5.73 Å². The van der Waals surface area contributed by atoms with Crippen LogP contribution in [0.3, 0.4) is 0 Å². The molecule has 0 radical (unpaired) electrons. The first-order valence-electron chi connectivity index (χ1n) is 6.07. The van der Waals surface area contributed by atoms with E-state index in [1.165, 1.54) is 0 Å². The van der Waals surface area contributed by atoms with Gasteiger partial charge in [-0.25, -0.2) is 0 Å². The molecule has 0 bridgehead atoms. The molecule has 0 aromatic heterocycles. The van der Waals surface area contributed by atoms with Crippen LogP contribution in [0.4, 0.5) is 0 Å². The number of piperazine rings is 1. The molecular weight excluding hydrogens is 310 g/mol. The molecule has 1 atom stereocenters. The predicted octanol–water partition coefficient (Wildman–Crippen LogP) is 0.657. The Hall–Kier alpha value is -1.40. The molecule has 1 aromatic carbocycles. The average molecular weight is 326 g/mol. The van der Waals surface area contributed by atoms with E-state index in [0.717, 1.165) is 10.0 Å². The molecular formula is C13H16BrN3O2. The summed E-state index contributed by atoms with van der Waals surface area (Å²) in [6.45, 7) is 3.49. The molecule has 1 aliphatic rings. The molecule has 1 unspecified atom stereocenters. The number of halogens is 1. The summed E-state index contributed by atoms with van der Waals surface area (Å²) in [5, 5.41) is 3.07. The van der Waals surface area contributed by atoms with Gasteiger partial charge in [-0.3, -0.25) is 9.59 Å². The highest BCUT2D eigenvalue weighted by molar-refractivity contribution is 9.10. The smallest absolute Gasteiger partial charge is 0.254 e. The number of rotatable bonds is 2. The number of carbonyl (C=O) groups is 2. The van der Waals surface area contributed by atoms with Gasteiger partial charge in [-0.1, -0.05) is 15.9 Å². The lowest BCUT2D eigenvalue weighted by atomic mass is 10.1. The van der Waals surface area contributed by atoms with E-state index in [9.17, 15) is 9.59 Å². The van der Waals surface area contributed by atoms with Gasteiger partial charge in [0.1, 0.15) is 6.04 Å². The summed E-state index contributed by atoms with van der Waals surface area (Å²) in [5.74, 6) is -0.637. The van der Waals surface area contributed by atoms with Gasteiger partial charge in [0.2, 0.25) is 5.91 Å². The molecule has 3 N–H and O–H groups in total. The Morgan fingerprint density at radius 3 is 2.79 bits per heavy atom. The Labute approximate surface area is 120 Å². The molecule has 2 rings (SSSR count). The Morgan fingerprint density at radius 1 is 1.42 bits per heavy atom. The molecule has 102 valence electrons. The maximum absolute atomic E-state index is 12.5. The number of nitrogens with one attached hydrogen (secondary N) is 1. The molecule has 1 saturated heterocycles. The first-order chi connectivity index (χ1) is 8.99. The quantitative estimate of drug-likeness (QED) is 0.838. The normalized spacial score (nSPS) is 19.3. The zero-order valence-electron chi connectivity index (χ0n) is 10.6. The van der Waals surface area contributed by atoms with Crippen LogP contribution < -0.4 is 11.1 Å². The third-order valence-electron chi connectivity index (χ3n) is 3.12. The van der Waals surface area contributed by atoms with Crippen LogP contribution >= 0.6 is 15.9 Å². The van der Waals surface area contributed by atoms with E-state index in [-0.39, 0.29) is 5.91 Å². The number of hydrogen-bond donors (Lipinski definition) is 2. The van der Waals surface area contributed by atoms with Gasteiger partial charge in [0, 0.05) is 29.7 Å². The highest BCUT2D eigenvalue weighted by atomic mass is 79.9. The minimum absolute atomic E-state index is 0.158. The first-order valence-corrected chi connectivity index (χ1v) is 6.86. The summed E-state index contributed by atoms with van der Waals surface area (Å²) in [6.07, 6.45) is 0. The number of nitrogens with two attached hydrogens (primary N) is 1. The minimum atomic E-state index is -0.583. The van der Waals surface area contributed by atoms with E-state index >= 15 is 0 Å². The third kappa shape index (κ3) is 3.13. The summed E-state index contributed by atoms with van der Waals surface area (Å²) in [7, 11) is 0. The maximum Gasteiger partial charge on any atom is 0.254 e. The van der Waals surface area contributed by atoms with Gasteiger partial charge < -0.3 is 16.0 Å². The van der Waals surface area contributed by atoms with Gasteiger partial charge >= 0.3 is 0 Å². The van der Waals surface area contributed by atoms with Gasteiger partial charge in [-0.05, 0) is 30.7 Å². The third-order valence-corrected chi connectivity index (χ3v) is 3.58. The highest BCUT2D eigenvalue weighted by Crippen LogP contribution is 2.18. The summed E-state index contributed by atoms with van der Waals surface area (Å²) in [6, 6.07) is 4.92. The fourth-order valence-corrected chi connectivity index (χ4v) is 2.83. The number of carbonyl (C=O) groups excluding carboxylic acids is 2. The predicted molar refractivity (Wildman–Crippen MR) is 75.8 cm³/mol. The van der Waals surface area contributed by atoms with Gasteiger partial charge in [0.15, 0.2) is 0 Å². The first kappa shape index (κ1) is 14.0. The molecule has 1 heterocycles. The van der Waals surface area contributed by atoms with Gasteiger partial charge in [-0.15, -0.1) is 0 Å². The van der Waals surface area contributed by atoms with Crippen molar-refractivity contribution in [3.8, 4) is 0 Å². The van der Waals surface area contributed by atoms with Gasteiger partial charge in [-0.2, -0.15) is 0 Å². The summed E-state index contributed by atoms with van der Waals surface area (Å²) < 4.78 is 0.849. The zero-order valence-corrected chi connectivity index (χ0v) is 12.2. The number of aryl methyl sites for hydroxylation is 1. The van der Waals surface area contributed by atoms with Crippen molar-refractivity contribution in [2.24, 2.45) is 5.73 Å². The Bertz CT molecular complexity index is 498. The Kier molecular flexibility index (Phi) is 4.21.